The maximum absolute atomic E-state index is 13.4. The van der Waals surface area contributed by atoms with E-state index >= 15 is 0 Å². The predicted molar refractivity (Wildman–Crippen MR) is 128 cm³/mol. The number of halogens is 1. The van der Waals surface area contributed by atoms with Crippen LogP contribution in [0.1, 0.15) is 66.0 Å². The van der Waals surface area contributed by atoms with Gasteiger partial charge in [-0.05, 0) is 71.2 Å². The summed E-state index contributed by atoms with van der Waals surface area (Å²) in [6.45, 7) is 9.14. The van der Waals surface area contributed by atoms with E-state index in [0.29, 0.717) is 17.0 Å². The minimum absolute atomic E-state index is 0.0137. The van der Waals surface area contributed by atoms with Crippen molar-refractivity contribution in [2.75, 3.05) is 18.1 Å². The van der Waals surface area contributed by atoms with E-state index in [2.05, 4.69) is 10.1 Å². The molecule has 1 N–H and O–H groups in total. The van der Waals surface area contributed by atoms with Crippen LogP contribution in [0.25, 0.3) is 5.52 Å². The summed E-state index contributed by atoms with van der Waals surface area (Å²) in [6, 6.07) is 3.66. The van der Waals surface area contributed by atoms with Gasteiger partial charge in [-0.3, -0.25) is 4.90 Å². The summed E-state index contributed by atoms with van der Waals surface area (Å²) in [6.07, 6.45) is 2.19. The second-order valence-corrected chi connectivity index (χ2v) is 11.3. The molecule has 3 aliphatic rings. The van der Waals surface area contributed by atoms with Gasteiger partial charge in [0.15, 0.2) is 17.2 Å². The first-order valence-electron chi connectivity index (χ1n) is 12.1. The molecule has 2 aromatic rings. The van der Waals surface area contributed by atoms with Gasteiger partial charge in [0.05, 0.1) is 18.9 Å². The lowest BCUT2D eigenvalue weighted by Gasteiger charge is -2.31. The molecular weight excluding hydrogens is 476 g/mol. The largest absolute Gasteiger partial charge is 0.443 e. The fourth-order valence-electron chi connectivity index (χ4n) is 5.48. The molecule has 4 heterocycles. The number of rotatable bonds is 4. The van der Waals surface area contributed by atoms with Crippen molar-refractivity contribution in [3.05, 3.63) is 23.1 Å². The van der Waals surface area contributed by atoms with Gasteiger partial charge in [0.1, 0.15) is 23.3 Å². The Hall–Kier alpha value is -1.98. The topological polar surface area (TPSA) is 108 Å². The lowest BCUT2D eigenvalue weighted by Crippen LogP contribution is -2.43. The molecule has 0 spiro atoms. The molecule has 35 heavy (non-hydrogen) atoms. The number of nitrogens with zero attached hydrogens (tertiary/aromatic N) is 4. The average molecular weight is 509 g/mol. The van der Waals surface area contributed by atoms with Gasteiger partial charge in [-0.1, -0.05) is 12.8 Å². The first-order chi connectivity index (χ1) is 16.4. The van der Waals surface area contributed by atoms with Crippen molar-refractivity contribution < 1.29 is 28.8 Å². The van der Waals surface area contributed by atoms with E-state index in [-0.39, 0.29) is 24.5 Å². The first-order valence-corrected chi connectivity index (χ1v) is 12.5. The second kappa shape index (κ2) is 8.55. The van der Waals surface area contributed by atoms with Crippen molar-refractivity contribution in [2.24, 2.45) is 0 Å². The van der Waals surface area contributed by atoms with Gasteiger partial charge in [0.25, 0.3) is 0 Å². The smallest absolute Gasteiger partial charge is 0.416 e. The Morgan fingerprint density at radius 1 is 1.31 bits per heavy atom. The molecule has 0 bridgehead atoms. The number of amides is 1. The lowest BCUT2D eigenvalue weighted by molar-refractivity contribution is -0.194. The van der Waals surface area contributed by atoms with Gasteiger partial charge < -0.3 is 24.1 Å². The van der Waals surface area contributed by atoms with Crippen molar-refractivity contribution in [3.8, 4) is 0 Å². The summed E-state index contributed by atoms with van der Waals surface area (Å²) in [5, 5.41) is 14.3. The molecule has 2 aliphatic heterocycles. The van der Waals surface area contributed by atoms with E-state index in [4.69, 9.17) is 30.5 Å². The molecular formula is C24H33ClN4O6. The third kappa shape index (κ3) is 4.29. The summed E-state index contributed by atoms with van der Waals surface area (Å²) in [7, 11) is 0. The zero-order valence-electron chi connectivity index (χ0n) is 20.8. The van der Waals surface area contributed by atoms with Crippen LogP contribution in [0.5, 0.6) is 0 Å². The van der Waals surface area contributed by atoms with Crippen LogP contribution >= 0.6 is 11.6 Å². The predicted octanol–water partition coefficient (Wildman–Crippen LogP) is 3.80. The molecule has 5 rings (SSSR count). The first kappa shape index (κ1) is 24.7. The van der Waals surface area contributed by atoms with Crippen molar-refractivity contribution >= 4 is 29.0 Å². The van der Waals surface area contributed by atoms with E-state index in [1.165, 1.54) is 0 Å². The maximum atomic E-state index is 13.4. The number of ether oxygens (including phenoxy) is 4. The van der Waals surface area contributed by atoms with Gasteiger partial charge in [0, 0.05) is 6.04 Å². The zero-order valence-corrected chi connectivity index (χ0v) is 21.5. The zero-order chi connectivity index (χ0) is 25.2. The Morgan fingerprint density at radius 2 is 2.03 bits per heavy atom. The van der Waals surface area contributed by atoms with Crippen LogP contribution in [0, 0.1) is 0 Å². The Kier molecular flexibility index (Phi) is 6.04. The van der Waals surface area contributed by atoms with Gasteiger partial charge in [-0.2, -0.15) is 4.98 Å². The molecule has 0 unspecified atom stereocenters. The van der Waals surface area contributed by atoms with Gasteiger partial charge in [0.2, 0.25) is 5.28 Å². The molecule has 192 valence electrons. The summed E-state index contributed by atoms with van der Waals surface area (Å²) in [5.74, 6) is -0.501. The SMILES string of the molecule is CC(C)(C)OC(=O)N(c1nc(Cl)nn2c([C@@]34CO[C@H](CO)[C@H]3OC(C)(C)O4)ccc12)C1CCCC1. The van der Waals surface area contributed by atoms with Crippen LogP contribution in [0.15, 0.2) is 12.1 Å². The number of fused-ring (bicyclic) bond motifs is 2. The van der Waals surface area contributed by atoms with E-state index in [1.54, 1.807) is 9.42 Å². The fraction of sp³-hybridized carbons (Fsp3) is 0.708. The Bertz CT molecular complexity index is 1130. The van der Waals surface area contributed by atoms with E-state index in [0.717, 1.165) is 25.7 Å². The Balaban J connectivity index is 1.64. The summed E-state index contributed by atoms with van der Waals surface area (Å²) < 4.78 is 25.8. The fourth-order valence-corrected chi connectivity index (χ4v) is 5.64. The summed E-state index contributed by atoms with van der Waals surface area (Å²) in [4.78, 5) is 19.5. The lowest BCUT2D eigenvalue weighted by atomic mass is 9.93. The standard InChI is InChI=1S/C24H33ClN4O6/c1-22(2,3)34-21(31)28(14-8-6-7-9-14)19-15-10-11-17(29(15)27-20(25)26-19)24-13-32-16(12-30)18(24)33-23(4,5)35-24/h10-11,14,16,18,30H,6-9,12-13H2,1-5H3/t16-,18-,24+/m1/s1. The third-order valence-electron chi connectivity index (χ3n) is 6.73. The molecule has 2 saturated heterocycles. The van der Waals surface area contributed by atoms with Crippen molar-refractivity contribution in [2.45, 2.75) is 95.5 Å². The molecule has 10 nitrogen and oxygen atoms in total. The highest BCUT2D eigenvalue weighted by Crippen LogP contribution is 2.50. The molecule has 0 radical (unpaired) electrons. The quantitative estimate of drug-likeness (QED) is 0.664. The summed E-state index contributed by atoms with van der Waals surface area (Å²) in [5.41, 5.74) is -0.430. The highest BCUT2D eigenvalue weighted by molar-refractivity contribution is 6.28. The highest BCUT2D eigenvalue weighted by Gasteiger charge is 2.63. The van der Waals surface area contributed by atoms with Gasteiger partial charge >= 0.3 is 6.09 Å². The van der Waals surface area contributed by atoms with E-state index < -0.39 is 35.3 Å². The van der Waals surface area contributed by atoms with Crippen LogP contribution in [0.3, 0.4) is 0 Å². The van der Waals surface area contributed by atoms with Crippen molar-refractivity contribution in [1.29, 1.82) is 0 Å². The minimum atomic E-state index is -1.01. The Labute approximate surface area is 209 Å². The van der Waals surface area contributed by atoms with Crippen LogP contribution in [-0.4, -0.2) is 68.6 Å². The number of anilines is 1. The number of hydrogen-bond acceptors (Lipinski definition) is 8. The molecule has 2 aromatic heterocycles. The molecule has 1 saturated carbocycles. The second-order valence-electron chi connectivity index (χ2n) is 11.0. The number of aliphatic hydroxyl groups excluding tert-OH is 1. The number of carbonyl (C=O) groups excluding carboxylic acids is 1. The molecule has 0 aromatic carbocycles. The van der Waals surface area contributed by atoms with Gasteiger partial charge in [-0.25, -0.2) is 9.31 Å². The highest BCUT2D eigenvalue weighted by atomic mass is 35.5. The van der Waals surface area contributed by atoms with Gasteiger partial charge in [-0.15, -0.1) is 5.10 Å². The van der Waals surface area contributed by atoms with Crippen LogP contribution in [0.2, 0.25) is 5.28 Å². The molecule has 11 heteroatoms. The van der Waals surface area contributed by atoms with Crippen molar-refractivity contribution in [3.63, 3.8) is 0 Å². The van der Waals surface area contributed by atoms with Crippen LogP contribution in [-0.2, 0) is 24.5 Å². The van der Waals surface area contributed by atoms with Crippen molar-refractivity contribution in [1.82, 2.24) is 14.6 Å². The monoisotopic (exact) mass is 508 g/mol. The molecule has 3 atom stereocenters. The average Bonchev–Trinajstić information content (AvgIpc) is 3.49. The normalized spacial score (nSPS) is 28.5. The maximum Gasteiger partial charge on any atom is 0.416 e. The molecule has 1 aliphatic carbocycles. The number of carbonyl (C=O) groups is 1. The number of aliphatic hydroxyl groups is 1. The molecule has 3 fully saturated rings. The summed E-state index contributed by atoms with van der Waals surface area (Å²) >= 11 is 6.44. The number of hydrogen-bond donors (Lipinski definition) is 1. The Morgan fingerprint density at radius 3 is 2.69 bits per heavy atom. The van der Waals surface area contributed by atoms with Crippen LogP contribution in [0.4, 0.5) is 10.6 Å². The minimum Gasteiger partial charge on any atom is -0.443 e. The third-order valence-corrected chi connectivity index (χ3v) is 6.89. The van der Waals surface area contributed by atoms with E-state index in [1.807, 2.05) is 46.8 Å². The number of aromatic nitrogens is 3. The molecule has 1 amide bonds. The van der Waals surface area contributed by atoms with Crippen LogP contribution < -0.4 is 4.90 Å². The van der Waals surface area contributed by atoms with E-state index in [9.17, 15) is 9.90 Å².